The van der Waals surface area contributed by atoms with Gasteiger partial charge in [-0.3, -0.25) is 0 Å². The highest BCUT2D eigenvalue weighted by molar-refractivity contribution is 5.14. The maximum absolute atomic E-state index is 5.91. The minimum atomic E-state index is 0.365. The average molecular weight is 262 g/mol. The van der Waals surface area contributed by atoms with Crippen molar-refractivity contribution in [2.45, 2.75) is 33.6 Å². The van der Waals surface area contributed by atoms with Crippen LogP contribution in [0.3, 0.4) is 0 Å². The Balaban J connectivity index is 2.35. The Morgan fingerprint density at radius 1 is 1.16 bits per heavy atom. The molecule has 0 aliphatic rings. The predicted molar refractivity (Wildman–Crippen MR) is 84.3 cm³/mol. The molecular weight excluding hydrogens is 232 g/mol. The molecule has 0 aromatic heterocycles. The highest BCUT2D eigenvalue weighted by Crippen LogP contribution is 2.24. The molecule has 0 aliphatic heterocycles. The van der Waals surface area contributed by atoms with E-state index in [1.807, 2.05) is 0 Å². The normalized spacial score (nSPS) is 13.8. The summed E-state index contributed by atoms with van der Waals surface area (Å²) in [6, 6.07) is 10.7. The number of benzene rings is 1. The fourth-order valence-corrected chi connectivity index (χ4v) is 2.59. The van der Waals surface area contributed by atoms with Gasteiger partial charge in [-0.05, 0) is 43.3 Å². The first-order valence-corrected chi connectivity index (χ1v) is 7.33. The van der Waals surface area contributed by atoms with Gasteiger partial charge in [0.25, 0.3) is 0 Å². The molecule has 0 bridgehead atoms. The zero-order chi connectivity index (χ0) is 14.3. The Morgan fingerprint density at radius 2 is 1.79 bits per heavy atom. The zero-order valence-corrected chi connectivity index (χ0v) is 13.0. The number of hydrogen-bond acceptors (Lipinski definition) is 2. The van der Waals surface area contributed by atoms with E-state index in [-0.39, 0.29) is 0 Å². The molecule has 0 saturated heterocycles. The van der Waals surface area contributed by atoms with Crippen molar-refractivity contribution in [1.82, 2.24) is 4.90 Å². The Labute approximate surface area is 119 Å². The van der Waals surface area contributed by atoms with Crippen LogP contribution in [0.15, 0.2) is 30.3 Å². The Bertz CT molecular complexity index is 340. The third-order valence-corrected chi connectivity index (χ3v) is 3.43. The fourth-order valence-electron chi connectivity index (χ4n) is 2.59. The molecule has 0 radical (unpaired) electrons. The summed E-state index contributed by atoms with van der Waals surface area (Å²) in [5.41, 5.74) is 7.69. The maximum Gasteiger partial charge on any atom is 0.00190 e. The van der Waals surface area contributed by atoms with Crippen LogP contribution in [0.2, 0.25) is 0 Å². The van der Waals surface area contributed by atoms with Gasteiger partial charge in [-0.25, -0.2) is 0 Å². The van der Waals surface area contributed by atoms with Crippen LogP contribution >= 0.6 is 0 Å². The number of nitrogens with two attached hydrogens (primary N) is 1. The van der Waals surface area contributed by atoms with Gasteiger partial charge >= 0.3 is 0 Å². The molecule has 1 unspecified atom stereocenters. The van der Waals surface area contributed by atoms with E-state index in [2.05, 4.69) is 63.1 Å². The number of rotatable bonds is 7. The predicted octanol–water partition coefficient (Wildman–Crippen LogP) is 3.17. The topological polar surface area (TPSA) is 29.3 Å². The molecular formula is C17H30N2. The van der Waals surface area contributed by atoms with E-state index in [0.29, 0.717) is 11.3 Å². The third kappa shape index (κ3) is 7.34. The SMILES string of the molecule is CN(CCc1ccccc1)CC(CN)CC(C)(C)C. The highest BCUT2D eigenvalue weighted by atomic mass is 15.1. The molecule has 1 aromatic rings. The Morgan fingerprint density at radius 3 is 2.32 bits per heavy atom. The highest BCUT2D eigenvalue weighted by Gasteiger charge is 2.18. The summed E-state index contributed by atoms with van der Waals surface area (Å²) in [5, 5.41) is 0. The average Bonchev–Trinajstić information content (AvgIpc) is 2.35. The largest absolute Gasteiger partial charge is 0.330 e. The summed E-state index contributed by atoms with van der Waals surface area (Å²) in [5.74, 6) is 0.598. The number of likely N-dealkylation sites (N-methyl/N-ethyl adjacent to an activating group) is 1. The van der Waals surface area contributed by atoms with Gasteiger partial charge in [0.2, 0.25) is 0 Å². The third-order valence-electron chi connectivity index (χ3n) is 3.43. The summed E-state index contributed by atoms with van der Waals surface area (Å²) in [6.45, 7) is 9.86. The minimum Gasteiger partial charge on any atom is -0.330 e. The molecule has 1 atom stereocenters. The Hall–Kier alpha value is -0.860. The van der Waals surface area contributed by atoms with Crippen molar-refractivity contribution >= 4 is 0 Å². The molecule has 2 nitrogen and oxygen atoms in total. The fraction of sp³-hybridized carbons (Fsp3) is 0.647. The van der Waals surface area contributed by atoms with Crippen LogP contribution in [0.25, 0.3) is 0 Å². The van der Waals surface area contributed by atoms with E-state index in [9.17, 15) is 0 Å². The van der Waals surface area contributed by atoms with Gasteiger partial charge < -0.3 is 10.6 Å². The van der Waals surface area contributed by atoms with Crippen LogP contribution in [0, 0.1) is 11.3 Å². The van der Waals surface area contributed by atoms with Crippen molar-refractivity contribution in [3.8, 4) is 0 Å². The molecule has 108 valence electrons. The second kappa shape index (κ2) is 7.66. The summed E-state index contributed by atoms with van der Waals surface area (Å²) in [4.78, 5) is 2.41. The molecule has 1 rings (SSSR count). The van der Waals surface area contributed by atoms with Crippen LogP contribution < -0.4 is 5.73 Å². The van der Waals surface area contributed by atoms with E-state index < -0.39 is 0 Å². The van der Waals surface area contributed by atoms with Crippen molar-refractivity contribution in [3.05, 3.63) is 35.9 Å². The maximum atomic E-state index is 5.91. The lowest BCUT2D eigenvalue weighted by Gasteiger charge is -2.28. The van der Waals surface area contributed by atoms with Gasteiger partial charge in [-0.15, -0.1) is 0 Å². The summed E-state index contributed by atoms with van der Waals surface area (Å²) >= 11 is 0. The molecule has 0 heterocycles. The second-order valence-electron chi connectivity index (χ2n) is 6.86. The first kappa shape index (κ1) is 16.2. The zero-order valence-electron chi connectivity index (χ0n) is 13.0. The first-order chi connectivity index (χ1) is 8.90. The van der Waals surface area contributed by atoms with Crippen LogP contribution in [-0.2, 0) is 6.42 Å². The van der Waals surface area contributed by atoms with Gasteiger partial charge in [0.1, 0.15) is 0 Å². The molecule has 0 saturated carbocycles. The molecule has 0 amide bonds. The lowest BCUT2D eigenvalue weighted by atomic mass is 9.84. The molecule has 0 fully saturated rings. The van der Waals surface area contributed by atoms with Crippen molar-refractivity contribution < 1.29 is 0 Å². The Kier molecular flexibility index (Phi) is 6.53. The summed E-state index contributed by atoms with van der Waals surface area (Å²) < 4.78 is 0. The monoisotopic (exact) mass is 262 g/mol. The van der Waals surface area contributed by atoms with Gasteiger partial charge in [0.05, 0.1) is 0 Å². The smallest absolute Gasteiger partial charge is 0.00190 e. The van der Waals surface area contributed by atoms with E-state index in [0.717, 1.165) is 26.1 Å². The van der Waals surface area contributed by atoms with Gasteiger partial charge in [-0.1, -0.05) is 51.1 Å². The molecule has 2 N–H and O–H groups in total. The van der Waals surface area contributed by atoms with Crippen LogP contribution in [-0.4, -0.2) is 31.6 Å². The molecule has 19 heavy (non-hydrogen) atoms. The molecule has 0 aliphatic carbocycles. The second-order valence-corrected chi connectivity index (χ2v) is 6.86. The van der Waals surface area contributed by atoms with Crippen molar-refractivity contribution in [1.29, 1.82) is 0 Å². The lowest BCUT2D eigenvalue weighted by Crippen LogP contribution is -2.33. The summed E-state index contributed by atoms with van der Waals surface area (Å²) in [7, 11) is 2.20. The van der Waals surface area contributed by atoms with Crippen LogP contribution in [0.1, 0.15) is 32.8 Å². The molecule has 1 aromatic carbocycles. The van der Waals surface area contributed by atoms with Gasteiger partial charge in [0, 0.05) is 13.1 Å². The van der Waals surface area contributed by atoms with Gasteiger partial charge in [0.15, 0.2) is 0 Å². The first-order valence-electron chi connectivity index (χ1n) is 7.33. The van der Waals surface area contributed by atoms with E-state index >= 15 is 0 Å². The molecule has 0 spiro atoms. The van der Waals surface area contributed by atoms with E-state index in [4.69, 9.17) is 5.73 Å². The number of nitrogens with zero attached hydrogens (tertiary/aromatic N) is 1. The van der Waals surface area contributed by atoms with Crippen molar-refractivity contribution in [3.63, 3.8) is 0 Å². The van der Waals surface area contributed by atoms with Crippen LogP contribution in [0.5, 0.6) is 0 Å². The van der Waals surface area contributed by atoms with Crippen molar-refractivity contribution in [2.24, 2.45) is 17.1 Å². The standard InChI is InChI=1S/C17H30N2/c1-17(2,3)12-16(13-18)14-19(4)11-10-15-8-6-5-7-9-15/h5-9,16H,10-14,18H2,1-4H3. The minimum absolute atomic E-state index is 0.365. The quantitative estimate of drug-likeness (QED) is 0.818. The van der Waals surface area contributed by atoms with E-state index in [1.165, 1.54) is 12.0 Å². The van der Waals surface area contributed by atoms with E-state index in [1.54, 1.807) is 0 Å². The summed E-state index contributed by atoms with van der Waals surface area (Å²) in [6.07, 6.45) is 2.31. The van der Waals surface area contributed by atoms with Crippen LogP contribution in [0.4, 0.5) is 0 Å². The number of hydrogen-bond donors (Lipinski definition) is 1. The van der Waals surface area contributed by atoms with Gasteiger partial charge in [-0.2, -0.15) is 0 Å². The lowest BCUT2D eigenvalue weighted by molar-refractivity contribution is 0.222. The van der Waals surface area contributed by atoms with Crippen molar-refractivity contribution in [2.75, 3.05) is 26.7 Å². The molecule has 2 heteroatoms.